The van der Waals surface area contributed by atoms with Crippen LogP contribution in [0.3, 0.4) is 0 Å². The molecule has 0 radical (unpaired) electrons. The monoisotopic (exact) mass is 241 g/mol. The first kappa shape index (κ1) is 11.8. The second-order valence-corrected chi connectivity index (χ2v) is 3.51. The Morgan fingerprint density at radius 1 is 1.11 bits per heavy atom. The zero-order valence-corrected chi connectivity index (χ0v) is 9.26. The van der Waals surface area contributed by atoms with E-state index in [2.05, 4.69) is 0 Å². The van der Waals surface area contributed by atoms with Gasteiger partial charge in [0, 0.05) is 0 Å². The van der Waals surface area contributed by atoms with Crippen molar-refractivity contribution in [1.82, 2.24) is 0 Å². The van der Waals surface area contributed by atoms with Gasteiger partial charge in [-0.2, -0.15) is 5.26 Å². The van der Waals surface area contributed by atoms with Gasteiger partial charge in [-0.25, -0.2) is 9.18 Å². The molecule has 0 saturated carbocycles. The molecule has 0 unspecified atom stereocenters. The molecule has 2 aromatic carbocycles. The fourth-order valence-electron chi connectivity index (χ4n) is 1.39. The largest absolute Gasteiger partial charge is 0.423 e. The van der Waals surface area contributed by atoms with Crippen LogP contribution in [0.2, 0.25) is 0 Å². The van der Waals surface area contributed by atoms with Crippen molar-refractivity contribution in [3.8, 4) is 11.8 Å². The quantitative estimate of drug-likeness (QED) is 0.600. The standard InChI is InChI=1S/C14H8FNO2/c15-13-4-2-1-3-12(13)14(17)18-11-7-5-10(9-16)6-8-11/h1-8H. The van der Waals surface area contributed by atoms with Crippen LogP contribution in [-0.4, -0.2) is 5.97 Å². The van der Waals surface area contributed by atoms with Crippen LogP contribution in [-0.2, 0) is 0 Å². The van der Waals surface area contributed by atoms with Crippen molar-refractivity contribution < 1.29 is 13.9 Å². The summed E-state index contributed by atoms with van der Waals surface area (Å²) in [7, 11) is 0. The maximum atomic E-state index is 13.3. The lowest BCUT2D eigenvalue weighted by atomic mass is 10.2. The van der Waals surface area contributed by atoms with Crippen molar-refractivity contribution in [2.75, 3.05) is 0 Å². The van der Waals surface area contributed by atoms with Gasteiger partial charge >= 0.3 is 5.97 Å². The topological polar surface area (TPSA) is 50.1 Å². The Morgan fingerprint density at radius 2 is 1.78 bits per heavy atom. The van der Waals surface area contributed by atoms with Gasteiger partial charge in [-0.3, -0.25) is 0 Å². The van der Waals surface area contributed by atoms with Gasteiger partial charge < -0.3 is 4.74 Å². The second kappa shape index (κ2) is 5.11. The summed E-state index contributed by atoms with van der Waals surface area (Å²) in [5.74, 6) is -1.13. The molecule has 18 heavy (non-hydrogen) atoms. The SMILES string of the molecule is N#Cc1ccc(OC(=O)c2ccccc2F)cc1. The second-order valence-electron chi connectivity index (χ2n) is 3.51. The van der Waals surface area contributed by atoms with E-state index in [9.17, 15) is 9.18 Å². The molecule has 0 saturated heterocycles. The molecule has 0 heterocycles. The number of benzene rings is 2. The van der Waals surface area contributed by atoms with Gasteiger partial charge in [-0.15, -0.1) is 0 Å². The number of nitrogens with zero attached hydrogens (tertiary/aromatic N) is 1. The highest BCUT2D eigenvalue weighted by atomic mass is 19.1. The van der Waals surface area contributed by atoms with E-state index in [4.69, 9.17) is 10.00 Å². The van der Waals surface area contributed by atoms with Crippen LogP contribution < -0.4 is 4.74 Å². The average Bonchev–Trinajstić information content (AvgIpc) is 2.40. The summed E-state index contributed by atoms with van der Waals surface area (Å²) in [6.45, 7) is 0. The highest BCUT2D eigenvalue weighted by molar-refractivity contribution is 5.91. The minimum Gasteiger partial charge on any atom is -0.423 e. The van der Waals surface area contributed by atoms with Crippen LogP contribution in [0.25, 0.3) is 0 Å². The summed E-state index contributed by atoms with van der Waals surface area (Å²) in [5.41, 5.74) is 0.336. The van der Waals surface area contributed by atoms with Gasteiger partial charge in [-0.05, 0) is 36.4 Å². The number of hydrogen-bond acceptors (Lipinski definition) is 3. The van der Waals surface area contributed by atoms with E-state index in [0.29, 0.717) is 5.56 Å². The maximum Gasteiger partial charge on any atom is 0.346 e. The fraction of sp³-hybridized carbons (Fsp3) is 0. The molecule has 0 atom stereocenters. The number of halogens is 1. The van der Waals surface area contributed by atoms with Crippen LogP contribution in [0.5, 0.6) is 5.75 Å². The fourth-order valence-corrected chi connectivity index (χ4v) is 1.39. The third-order valence-corrected chi connectivity index (χ3v) is 2.29. The average molecular weight is 241 g/mol. The summed E-state index contributed by atoms with van der Waals surface area (Å²) < 4.78 is 18.3. The molecule has 0 fully saturated rings. The lowest BCUT2D eigenvalue weighted by Crippen LogP contribution is -2.10. The third-order valence-electron chi connectivity index (χ3n) is 2.29. The van der Waals surface area contributed by atoms with Crippen molar-refractivity contribution in [3.63, 3.8) is 0 Å². The van der Waals surface area contributed by atoms with Crippen LogP contribution in [0, 0.1) is 17.1 Å². The number of rotatable bonds is 2. The van der Waals surface area contributed by atoms with Gasteiger partial charge in [0.25, 0.3) is 0 Å². The Morgan fingerprint density at radius 3 is 2.39 bits per heavy atom. The molecule has 3 nitrogen and oxygen atoms in total. The van der Waals surface area contributed by atoms with E-state index in [-0.39, 0.29) is 11.3 Å². The van der Waals surface area contributed by atoms with Gasteiger partial charge in [0.2, 0.25) is 0 Å². The number of esters is 1. The number of hydrogen-bond donors (Lipinski definition) is 0. The Kier molecular flexibility index (Phi) is 3.35. The van der Waals surface area contributed by atoms with E-state index < -0.39 is 11.8 Å². The van der Waals surface area contributed by atoms with Gasteiger partial charge in [0.15, 0.2) is 0 Å². The van der Waals surface area contributed by atoms with E-state index >= 15 is 0 Å². The summed E-state index contributed by atoms with van der Waals surface area (Å²) in [6, 6.07) is 13.5. The lowest BCUT2D eigenvalue weighted by molar-refractivity contribution is 0.0730. The molecule has 0 bridgehead atoms. The van der Waals surface area contributed by atoms with Gasteiger partial charge in [0.1, 0.15) is 11.6 Å². The zero-order valence-electron chi connectivity index (χ0n) is 9.26. The van der Waals surface area contributed by atoms with Crippen molar-refractivity contribution in [2.24, 2.45) is 0 Å². The van der Waals surface area contributed by atoms with E-state index in [1.54, 1.807) is 6.07 Å². The minimum absolute atomic E-state index is 0.123. The maximum absolute atomic E-state index is 13.3. The molecular formula is C14H8FNO2. The van der Waals surface area contributed by atoms with Crippen LogP contribution in [0.1, 0.15) is 15.9 Å². The molecule has 2 rings (SSSR count). The molecule has 2 aromatic rings. The third kappa shape index (κ3) is 2.53. The molecule has 0 spiro atoms. The van der Waals surface area contributed by atoms with E-state index in [1.807, 2.05) is 6.07 Å². The molecule has 0 aliphatic carbocycles. The summed E-state index contributed by atoms with van der Waals surface area (Å²) >= 11 is 0. The predicted octanol–water partition coefficient (Wildman–Crippen LogP) is 2.92. The van der Waals surface area contributed by atoms with E-state index in [1.165, 1.54) is 42.5 Å². The van der Waals surface area contributed by atoms with Crippen LogP contribution in [0.4, 0.5) is 4.39 Å². The summed E-state index contributed by atoms with van der Waals surface area (Å²) in [4.78, 5) is 11.7. The van der Waals surface area contributed by atoms with Crippen molar-refractivity contribution >= 4 is 5.97 Å². The van der Waals surface area contributed by atoms with E-state index in [0.717, 1.165) is 0 Å². The predicted molar refractivity (Wildman–Crippen MR) is 62.5 cm³/mol. The van der Waals surface area contributed by atoms with Crippen molar-refractivity contribution in [1.29, 1.82) is 5.26 Å². The number of nitriles is 1. The first-order chi connectivity index (χ1) is 8.70. The Labute approximate surface area is 103 Å². The lowest BCUT2D eigenvalue weighted by Gasteiger charge is -2.04. The molecule has 0 aliphatic rings. The molecule has 0 aliphatic heterocycles. The van der Waals surface area contributed by atoms with Crippen LogP contribution >= 0.6 is 0 Å². The number of carbonyl (C=O) groups is 1. The number of ether oxygens (including phenoxy) is 1. The van der Waals surface area contributed by atoms with Crippen LogP contribution in [0.15, 0.2) is 48.5 Å². The Bertz CT molecular complexity index is 614. The van der Waals surface area contributed by atoms with Gasteiger partial charge in [-0.1, -0.05) is 12.1 Å². The normalized spacial score (nSPS) is 9.56. The Hall–Kier alpha value is -2.67. The smallest absolute Gasteiger partial charge is 0.346 e. The molecule has 0 N–H and O–H groups in total. The molecule has 0 amide bonds. The van der Waals surface area contributed by atoms with Crippen molar-refractivity contribution in [3.05, 3.63) is 65.5 Å². The number of carbonyl (C=O) groups excluding carboxylic acids is 1. The first-order valence-electron chi connectivity index (χ1n) is 5.17. The summed E-state index contributed by atoms with van der Waals surface area (Å²) in [5, 5.41) is 8.62. The zero-order chi connectivity index (χ0) is 13.0. The minimum atomic E-state index is -0.766. The highest BCUT2D eigenvalue weighted by Crippen LogP contribution is 2.15. The van der Waals surface area contributed by atoms with Crippen molar-refractivity contribution in [2.45, 2.75) is 0 Å². The summed E-state index contributed by atoms with van der Waals surface area (Å²) in [6.07, 6.45) is 0. The molecular weight excluding hydrogens is 233 g/mol. The first-order valence-corrected chi connectivity index (χ1v) is 5.17. The highest BCUT2D eigenvalue weighted by Gasteiger charge is 2.12. The Balaban J connectivity index is 2.17. The molecule has 88 valence electrons. The molecule has 0 aromatic heterocycles. The molecule has 4 heteroatoms. The van der Waals surface area contributed by atoms with Gasteiger partial charge in [0.05, 0.1) is 17.2 Å².